The summed E-state index contributed by atoms with van der Waals surface area (Å²) >= 11 is 1.40. The van der Waals surface area contributed by atoms with Crippen LogP contribution in [0.3, 0.4) is 0 Å². The fraction of sp³-hybridized carbons (Fsp3) is 0.231. The van der Waals surface area contributed by atoms with Gasteiger partial charge < -0.3 is 5.32 Å². The Morgan fingerprint density at radius 3 is 2.44 bits per heavy atom. The van der Waals surface area contributed by atoms with Crippen LogP contribution < -0.4 is 5.32 Å². The average Bonchev–Trinajstić information content (AvgIpc) is 3.32. The van der Waals surface area contributed by atoms with Crippen molar-refractivity contribution in [2.45, 2.75) is 24.7 Å². The van der Waals surface area contributed by atoms with Gasteiger partial charge in [0.2, 0.25) is 15.9 Å². The number of carbonyl (C=O) groups excluding carboxylic acids is 1. The molecular weight excluding hydrogens is 466 g/mol. The molecule has 0 unspecified atom stereocenters. The van der Waals surface area contributed by atoms with Crippen LogP contribution in [-0.2, 0) is 14.8 Å². The molecule has 0 aliphatic carbocycles. The Labute approximate surface area is 203 Å². The van der Waals surface area contributed by atoms with Crippen LogP contribution in [0.2, 0.25) is 0 Å². The van der Waals surface area contributed by atoms with E-state index in [1.165, 1.54) is 21.0 Å². The third-order valence-electron chi connectivity index (χ3n) is 6.26. The fourth-order valence-electron chi connectivity index (χ4n) is 4.24. The number of piperidine rings is 1. The van der Waals surface area contributed by atoms with Crippen molar-refractivity contribution < 1.29 is 13.2 Å². The van der Waals surface area contributed by atoms with Crippen LogP contribution >= 0.6 is 11.3 Å². The second-order valence-electron chi connectivity index (χ2n) is 8.58. The molecule has 1 saturated heterocycles. The SMILES string of the molecule is Cc1ccc(S(=O)(=O)N2CCC(C(=O)Nc3nc(-c4ccc5ccccc5c4)cs3)CC2)cc1. The van der Waals surface area contributed by atoms with Gasteiger partial charge >= 0.3 is 0 Å². The summed E-state index contributed by atoms with van der Waals surface area (Å²) in [5, 5.41) is 7.75. The number of benzene rings is 3. The molecule has 0 saturated carbocycles. The number of nitrogens with one attached hydrogen (secondary N) is 1. The molecule has 5 rings (SSSR count). The minimum Gasteiger partial charge on any atom is -0.302 e. The van der Waals surface area contributed by atoms with Crippen LogP contribution in [0, 0.1) is 12.8 Å². The molecule has 1 aliphatic heterocycles. The highest BCUT2D eigenvalue weighted by Crippen LogP contribution is 2.29. The topological polar surface area (TPSA) is 79.4 Å². The molecule has 1 aliphatic rings. The first-order valence-corrected chi connectivity index (χ1v) is 13.5. The predicted octanol–water partition coefficient (Wildman–Crippen LogP) is 5.31. The molecule has 6 nitrogen and oxygen atoms in total. The summed E-state index contributed by atoms with van der Waals surface area (Å²) in [7, 11) is -3.54. The fourth-order valence-corrected chi connectivity index (χ4v) is 6.43. The van der Waals surface area contributed by atoms with Gasteiger partial charge in [0, 0.05) is 30.0 Å². The highest BCUT2D eigenvalue weighted by atomic mass is 32.2. The van der Waals surface area contributed by atoms with Crippen molar-refractivity contribution in [3.8, 4) is 11.3 Å². The Morgan fingerprint density at radius 1 is 1.00 bits per heavy atom. The summed E-state index contributed by atoms with van der Waals surface area (Å²) < 4.78 is 27.3. The molecule has 0 bridgehead atoms. The van der Waals surface area contributed by atoms with Crippen molar-refractivity contribution in [1.29, 1.82) is 0 Å². The summed E-state index contributed by atoms with van der Waals surface area (Å²) in [5.41, 5.74) is 2.84. The lowest BCUT2D eigenvalue weighted by molar-refractivity contribution is -0.120. The van der Waals surface area contributed by atoms with Gasteiger partial charge in [0.05, 0.1) is 10.6 Å². The number of sulfonamides is 1. The first-order chi connectivity index (χ1) is 16.4. The minimum absolute atomic E-state index is 0.105. The van der Waals surface area contributed by atoms with Gasteiger partial charge in [-0.1, -0.05) is 54.1 Å². The second kappa shape index (κ2) is 9.29. The molecule has 2 heterocycles. The Kier molecular flexibility index (Phi) is 6.20. The smallest absolute Gasteiger partial charge is 0.243 e. The van der Waals surface area contributed by atoms with Crippen molar-refractivity contribution in [2.24, 2.45) is 5.92 Å². The lowest BCUT2D eigenvalue weighted by Crippen LogP contribution is -2.41. The monoisotopic (exact) mass is 491 g/mol. The molecular formula is C26H25N3O3S2. The van der Waals surface area contributed by atoms with E-state index in [0.717, 1.165) is 22.2 Å². The van der Waals surface area contributed by atoms with Crippen molar-refractivity contribution in [2.75, 3.05) is 18.4 Å². The number of anilines is 1. The van der Waals surface area contributed by atoms with E-state index in [0.29, 0.717) is 36.0 Å². The van der Waals surface area contributed by atoms with Crippen LogP contribution in [-0.4, -0.2) is 36.7 Å². The number of aromatic nitrogens is 1. The molecule has 1 N–H and O–H groups in total. The third-order valence-corrected chi connectivity index (χ3v) is 8.93. The molecule has 1 amide bonds. The molecule has 0 atom stereocenters. The first-order valence-electron chi connectivity index (χ1n) is 11.2. The van der Waals surface area contributed by atoms with Crippen molar-refractivity contribution in [3.63, 3.8) is 0 Å². The van der Waals surface area contributed by atoms with E-state index >= 15 is 0 Å². The molecule has 3 aromatic carbocycles. The normalized spacial score (nSPS) is 15.4. The van der Waals surface area contributed by atoms with Gasteiger partial charge in [-0.3, -0.25) is 4.79 Å². The molecule has 4 aromatic rings. The zero-order valence-electron chi connectivity index (χ0n) is 18.8. The lowest BCUT2D eigenvalue weighted by Gasteiger charge is -2.30. The first kappa shape index (κ1) is 22.7. The van der Waals surface area contributed by atoms with Crippen molar-refractivity contribution in [1.82, 2.24) is 9.29 Å². The highest BCUT2D eigenvalue weighted by Gasteiger charge is 2.32. The predicted molar refractivity (Wildman–Crippen MR) is 136 cm³/mol. The summed E-state index contributed by atoms with van der Waals surface area (Å²) in [6.45, 7) is 2.58. The third kappa shape index (κ3) is 4.61. The van der Waals surface area contributed by atoms with Crippen LogP contribution in [0.1, 0.15) is 18.4 Å². The number of carbonyl (C=O) groups is 1. The summed E-state index contributed by atoms with van der Waals surface area (Å²) in [6, 6.07) is 21.2. The summed E-state index contributed by atoms with van der Waals surface area (Å²) in [6.07, 6.45) is 0.972. The Bertz CT molecular complexity index is 1440. The molecule has 174 valence electrons. The maximum Gasteiger partial charge on any atom is 0.243 e. The molecule has 1 aromatic heterocycles. The molecule has 34 heavy (non-hydrogen) atoms. The molecule has 0 spiro atoms. The average molecular weight is 492 g/mol. The Morgan fingerprint density at radius 2 is 1.71 bits per heavy atom. The van der Waals surface area contributed by atoms with Crippen molar-refractivity contribution in [3.05, 3.63) is 77.7 Å². The Balaban J connectivity index is 1.21. The van der Waals surface area contributed by atoms with Crippen LogP contribution in [0.5, 0.6) is 0 Å². The minimum atomic E-state index is -3.54. The quantitative estimate of drug-likeness (QED) is 0.410. The highest BCUT2D eigenvalue weighted by molar-refractivity contribution is 7.89. The maximum atomic E-state index is 12.9. The molecule has 0 radical (unpaired) electrons. The van der Waals surface area contributed by atoms with Gasteiger partial charge in [-0.2, -0.15) is 4.31 Å². The standard InChI is InChI=1S/C26H25N3O3S2/c1-18-6-10-23(11-7-18)34(31,32)29-14-12-20(13-15-29)25(30)28-26-27-24(17-33-26)22-9-8-19-4-2-3-5-21(19)16-22/h2-11,16-17,20H,12-15H2,1H3,(H,27,28,30). The number of hydrogen-bond donors (Lipinski definition) is 1. The van der Waals surface area contributed by atoms with Gasteiger partial charge in [-0.15, -0.1) is 11.3 Å². The van der Waals surface area contributed by atoms with Gasteiger partial charge in [-0.25, -0.2) is 13.4 Å². The maximum absolute atomic E-state index is 12.9. The zero-order valence-corrected chi connectivity index (χ0v) is 20.4. The Hall–Kier alpha value is -3.07. The van der Waals surface area contributed by atoms with E-state index in [4.69, 9.17) is 0 Å². The zero-order chi connectivity index (χ0) is 23.7. The lowest BCUT2D eigenvalue weighted by atomic mass is 9.97. The number of rotatable bonds is 5. The van der Waals surface area contributed by atoms with E-state index in [2.05, 4.69) is 34.6 Å². The van der Waals surface area contributed by atoms with Crippen LogP contribution in [0.25, 0.3) is 22.0 Å². The number of fused-ring (bicyclic) bond motifs is 1. The van der Waals surface area contributed by atoms with E-state index in [1.54, 1.807) is 24.3 Å². The van der Waals surface area contributed by atoms with Crippen molar-refractivity contribution >= 4 is 43.2 Å². The number of nitrogens with zero attached hydrogens (tertiary/aromatic N) is 2. The van der Waals surface area contributed by atoms with E-state index in [-0.39, 0.29) is 11.8 Å². The van der Waals surface area contributed by atoms with E-state index < -0.39 is 10.0 Å². The van der Waals surface area contributed by atoms with E-state index in [1.807, 2.05) is 30.5 Å². The second-order valence-corrected chi connectivity index (χ2v) is 11.4. The van der Waals surface area contributed by atoms with E-state index in [9.17, 15) is 13.2 Å². The van der Waals surface area contributed by atoms with Gasteiger partial charge in [0.15, 0.2) is 5.13 Å². The van der Waals surface area contributed by atoms with Crippen LogP contribution in [0.4, 0.5) is 5.13 Å². The van der Waals surface area contributed by atoms with Gasteiger partial charge in [0.25, 0.3) is 0 Å². The van der Waals surface area contributed by atoms with Crippen LogP contribution in [0.15, 0.2) is 77.0 Å². The molecule has 8 heteroatoms. The van der Waals surface area contributed by atoms with Gasteiger partial charge in [-0.05, 0) is 48.7 Å². The molecule has 1 fully saturated rings. The summed E-state index contributed by atoms with van der Waals surface area (Å²) in [4.78, 5) is 17.7. The summed E-state index contributed by atoms with van der Waals surface area (Å²) in [5.74, 6) is -0.343. The number of thiazole rings is 1. The number of aryl methyl sites for hydroxylation is 1. The number of hydrogen-bond acceptors (Lipinski definition) is 5. The van der Waals surface area contributed by atoms with Gasteiger partial charge in [0.1, 0.15) is 0 Å². The number of amides is 1. The largest absolute Gasteiger partial charge is 0.302 e.